The largest absolute Gasteiger partial charge is 0.339 e. The summed E-state index contributed by atoms with van der Waals surface area (Å²) < 4.78 is -1.83. The molecule has 29 heavy (non-hydrogen) atoms. The summed E-state index contributed by atoms with van der Waals surface area (Å²) in [6.07, 6.45) is -1.05. The number of thiocarbonyl (C=S) groups is 1. The number of halogens is 3. The van der Waals surface area contributed by atoms with E-state index >= 15 is 0 Å². The molecule has 0 heterocycles. The maximum Gasteiger partial charge on any atom is 0.252 e. The normalized spacial score (nSPS) is 12.3. The van der Waals surface area contributed by atoms with Crippen molar-refractivity contribution in [2.24, 2.45) is 0 Å². The molecule has 0 radical (unpaired) electrons. The molecule has 0 saturated heterocycles. The molecule has 4 nitrogen and oxygen atoms in total. The first-order chi connectivity index (χ1) is 13.7. The Labute approximate surface area is 189 Å². The average Bonchev–Trinajstić information content (AvgIpc) is 2.67. The SMILES string of the molecule is Cc1cccc(C(=O)N[C@H](NC(=S)Nc2cccc3ccccc23)C(Cl)(Cl)Cl)c1. The van der Waals surface area contributed by atoms with Gasteiger partial charge in [0.05, 0.1) is 0 Å². The summed E-state index contributed by atoms with van der Waals surface area (Å²) in [7, 11) is 0. The zero-order valence-electron chi connectivity index (χ0n) is 15.4. The number of hydrogen-bond acceptors (Lipinski definition) is 2. The summed E-state index contributed by atoms with van der Waals surface area (Å²) in [5.41, 5.74) is 2.21. The molecule has 3 aromatic rings. The molecule has 3 N–H and O–H groups in total. The number of anilines is 1. The van der Waals surface area contributed by atoms with Crippen molar-refractivity contribution in [3.63, 3.8) is 0 Å². The summed E-state index contributed by atoms with van der Waals surface area (Å²) >= 11 is 23.6. The monoisotopic (exact) mass is 465 g/mol. The van der Waals surface area contributed by atoms with E-state index in [1.807, 2.05) is 55.5 Å². The predicted octanol–water partition coefficient (Wildman–Crippen LogP) is 5.56. The fourth-order valence-corrected chi connectivity index (χ4v) is 3.38. The van der Waals surface area contributed by atoms with E-state index in [1.54, 1.807) is 18.2 Å². The van der Waals surface area contributed by atoms with Crippen LogP contribution in [0.1, 0.15) is 15.9 Å². The molecule has 0 aliphatic rings. The van der Waals surface area contributed by atoms with Gasteiger partial charge in [-0.15, -0.1) is 0 Å². The standard InChI is InChI=1S/C21H18Cl3N3OS/c1-13-6-4-9-15(12-13)18(28)26-19(21(22,23)24)27-20(29)25-17-11-5-8-14-7-2-3-10-16(14)17/h2-12,19H,1H3,(H,26,28)(H2,25,27,29)/t19-/m1/s1. The molecule has 0 fully saturated rings. The highest BCUT2D eigenvalue weighted by Gasteiger charge is 2.35. The number of benzene rings is 3. The van der Waals surface area contributed by atoms with Crippen LogP contribution in [0.4, 0.5) is 5.69 Å². The number of hydrogen-bond donors (Lipinski definition) is 3. The van der Waals surface area contributed by atoms with Gasteiger partial charge in [0.15, 0.2) is 5.11 Å². The Balaban J connectivity index is 1.74. The molecule has 0 aliphatic carbocycles. The molecule has 150 valence electrons. The van der Waals surface area contributed by atoms with Gasteiger partial charge in [-0.05, 0) is 42.7 Å². The number of fused-ring (bicyclic) bond motifs is 1. The van der Waals surface area contributed by atoms with E-state index in [0.717, 1.165) is 22.0 Å². The third kappa shape index (κ3) is 5.73. The number of amides is 1. The molecule has 0 saturated carbocycles. The van der Waals surface area contributed by atoms with Crippen LogP contribution in [0.3, 0.4) is 0 Å². The van der Waals surface area contributed by atoms with Crippen LogP contribution in [0.25, 0.3) is 10.8 Å². The minimum Gasteiger partial charge on any atom is -0.339 e. The second kappa shape index (κ2) is 9.18. The number of carbonyl (C=O) groups is 1. The maximum absolute atomic E-state index is 12.6. The molecule has 3 rings (SSSR count). The molecule has 0 aromatic heterocycles. The molecule has 3 aromatic carbocycles. The minimum absolute atomic E-state index is 0.210. The first-order valence-electron chi connectivity index (χ1n) is 8.73. The zero-order valence-corrected chi connectivity index (χ0v) is 18.5. The second-order valence-corrected chi connectivity index (χ2v) is 9.22. The third-order valence-corrected chi connectivity index (χ3v) is 5.07. The van der Waals surface area contributed by atoms with Crippen molar-refractivity contribution in [3.05, 3.63) is 77.9 Å². The van der Waals surface area contributed by atoms with Crippen LogP contribution in [-0.4, -0.2) is 21.0 Å². The van der Waals surface area contributed by atoms with Gasteiger partial charge >= 0.3 is 0 Å². The molecular weight excluding hydrogens is 449 g/mol. The van der Waals surface area contributed by atoms with Gasteiger partial charge in [0, 0.05) is 16.6 Å². The Morgan fingerprint density at radius 2 is 1.66 bits per heavy atom. The molecule has 0 aliphatic heterocycles. The summed E-state index contributed by atoms with van der Waals surface area (Å²) in [6.45, 7) is 1.89. The van der Waals surface area contributed by atoms with Crippen molar-refractivity contribution in [1.82, 2.24) is 10.6 Å². The van der Waals surface area contributed by atoms with E-state index in [-0.39, 0.29) is 11.0 Å². The Kier molecular flexibility index (Phi) is 6.85. The van der Waals surface area contributed by atoms with Gasteiger partial charge < -0.3 is 16.0 Å². The molecule has 0 bridgehead atoms. The molecule has 1 amide bonds. The van der Waals surface area contributed by atoms with Crippen molar-refractivity contribution >= 4 is 74.5 Å². The van der Waals surface area contributed by atoms with E-state index in [1.165, 1.54) is 0 Å². The number of nitrogens with one attached hydrogen (secondary N) is 3. The fraction of sp³-hybridized carbons (Fsp3) is 0.143. The number of aryl methyl sites for hydroxylation is 1. The smallest absolute Gasteiger partial charge is 0.252 e. The van der Waals surface area contributed by atoms with Crippen LogP contribution in [0.2, 0.25) is 0 Å². The summed E-state index contributed by atoms with van der Waals surface area (Å²) in [6, 6.07) is 20.8. The van der Waals surface area contributed by atoms with Crippen LogP contribution < -0.4 is 16.0 Å². The molecule has 0 spiro atoms. The molecule has 0 unspecified atom stereocenters. The highest BCUT2D eigenvalue weighted by molar-refractivity contribution is 7.80. The molecule has 1 atom stereocenters. The van der Waals surface area contributed by atoms with E-state index in [9.17, 15) is 4.79 Å². The topological polar surface area (TPSA) is 53.2 Å². The van der Waals surface area contributed by atoms with E-state index in [4.69, 9.17) is 47.0 Å². The van der Waals surface area contributed by atoms with Crippen LogP contribution >= 0.6 is 47.0 Å². The van der Waals surface area contributed by atoms with E-state index in [0.29, 0.717) is 5.56 Å². The summed E-state index contributed by atoms with van der Waals surface area (Å²) in [5.74, 6) is -0.384. The van der Waals surface area contributed by atoms with Gasteiger partial charge in [-0.3, -0.25) is 4.79 Å². The van der Waals surface area contributed by atoms with Gasteiger partial charge in [0.2, 0.25) is 3.79 Å². The lowest BCUT2D eigenvalue weighted by molar-refractivity contribution is 0.0934. The Morgan fingerprint density at radius 3 is 2.38 bits per heavy atom. The first kappa shape index (κ1) is 21.7. The summed E-state index contributed by atoms with van der Waals surface area (Å²) in [4.78, 5) is 12.6. The van der Waals surface area contributed by atoms with Crippen molar-refractivity contribution < 1.29 is 4.79 Å². The first-order valence-corrected chi connectivity index (χ1v) is 10.3. The van der Waals surface area contributed by atoms with E-state index in [2.05, 4.69) is 16.0 Å². The predicted molar refractivity (Wildman–Crippen MR) is 126 cm³/mol. The van der Waals surface area contributed by atoms with Crippen LogP contribution in [-0.2, 0) is 0 Å². The molecular formula is C21H18Cl3N3OS. The lowest BCUT2D eigenvalue weighted by Gasteiger charge is -2.28. The Morgan fingerprint density at radius 1 is 0.966 bits per heavy atom. The Hall–Kier alpha value is -2.05. The highest BCUT2D eigenvalue weighted by Crippen LogP contribution is 2.29. The summed E-state index contributed by atoms with van der Waals surface area (Å²) in [5, 5.41) is 10.9. The van der Waals surface area contributed by atoms with Gasteiger partial charge in [0.25, 0.3) is 5.91 Å². The lowest BCUT2D eigenvalue weighted by Crippen LogP contribution is -2.56. The van der Waals surface area contributed by atoms with Gasteiger partial charge in [-0.1, -0.05) is 88.9 Å². The Bertz CT molecular complexity index is 1050. The highest BCUT2D eigenvalue weighted by atomic mass is 35.6. The number of rotatable bonds is 4. The van der Waals surface area contributed by atoms with Crippen LogP contribution in [0, 0.1) is 6.92 Å². The average molecular weight is 467 g/mol. The van der Waals surface area contributed by atoms with Gasteiger partial charge in [-0.25, -0.2) is 0 Å². The fourth-order valence-electron chi connectivity index (χ4n) is 2.82. The number of alkyl halides is 3. The minimum atomic E-state index is -1.83. The van der Waals surface area contributed by atoms with Gasteiger partial charge in [0.1, 0.15) is 6.17 Å². The lowest BCUT2D eigenvalue weighted by atomic mass is 10.1. The van der Waals surface area contributed by atoms with Crippen LogP contribution in [0.15, 0.2) is 66.7 Å². The van der Waals surface area contributed by atoms with Crippen LogP contribution in [0.5, 0.6) is 0 Å². The van der Waals surface area contributed by atoms with Crippen molar-refractivity contribution in [3.8, 4) is 0 Å². The van der Waals surface area contributed by atoms with Crippen molar-refractivity contribution in [1.29, 1.82) is 0 Å². The van der Waals surface area contributed by atoms with Crippen molar-refractivity contribution in [2.45, 2.75) is 16.9 Å². The third-order valence-electron chi connectivity index (χ3n) is 4.20. The maximum atomic E-state index is 12.6. The molecule has 8 heteroatoms. The zero-order chi connectivity index (χ0) is 21.0. The van der Waals surface area contributed by atoms with Gasteiger partial charge in [-0.2, -0.15) is 0 Å². The quantitative estimate of drug-likeness (QED) is 0.268. The van der Waals surface area contributed by atoms with E-state index < -0.39 is 9.96 Å². The second-order valence-electron chi connectivity index (χ2n) is 6.44. The van der Waals surface area contributed by atoms with Crippen molar-refractivity contribution in [2.75, 3.05) is 5.32 Å². The number of carbonyl (C=O) groups excluding carboxylic acids is 1.